The third-order valence-electron chi connectivity index (χ3n) is 4.30. The molecule has 8 nitrogen and oxygen atoms in total. The lowest BCUT2D eigenvalue weighted by Crippen LogP contribution is -2.18. The number of nitrogens with zero attached hydrogens (tertiary/aromatic N) is 2. The molecule has 3 rings (SSSR count). The van der Waals surface area contributed by atoms with E-state index in [4.69, 9.17) is 9.84 Å². The lowest BCUT2D eigenvalue weighted by Gasteiger charge is -2.11. The number of anilines is 1. The van der Waals surface area contributed by atoms with E-state index in [1.54, 1.807) is 0 Å². The van der Waals surface area contributed by atoms with E-state index < -0.39 is 11.9 Å². The minimum absolute atomic E-state index is 0.0274. The zero-order valence-electron chi connectivity index (χ0n) is 14.3. The minimum atomic E-state index is -1.10. The van der Waals surface area contributed by atoms with E-state index in [2.05, 4.69) is 10.4 Å². The summed E-state index contributed by atoms with van der Waals surface area (Å²) in [7, 11) is 1.33. The number of thiophene rings is 1. The Bertz CT molecular complexity index is 855. The molecule has 0 aliphatic heterocycles. The van der Waals surface area contributed by atoms with Crippen molar-refractivity contribution in [3.8, 4) is 0 Å². The molecular weight excluding hydrogens is 358 g/mol. The summed E-state index contributed by atoms with van der Waals surface area (Å²) in [4.78, 5) is 36.7. The van der Waals surface area contributed by atoms with Gasteiger partial charge in [0.2, 0.25) is 5.91 Å². The number of fused-ring (bicyclic) bond motifs is 1. The SMILES string of the molecule is COC(=O)c1c(NC(=O)CCn2nccc2C(=O)O)sc2c1CCCC2. The van der Waals surface area contributed by atoms with Gasteiger partial charge in [-0.05, 0) is 37.3 Å². The number of aryl methyl sites for hydroxylation is 2. The first-order chi connectivity index (χ1) is 12.5. The lowest BCUT2D eigenvalue weighted by molar-refractivity contribution is -0.116. The van der Waals surface area contributed by atoms with E-state index in [0.29, 0.717) is 10.6 Å². The van der Waals surface area contributed by atoms with Crippen LogP contribution in [-0.2, 0) is 28.9 Å². The van der Waals surface area contributed by atoms with Gasteiger partial charge in [0.25, 0.3) is 0 Å². The molecule has 0 atom stereocenters. The summed E-state index contributed by atoms with van der Waals surface area (Å²) < 4.78 is 6.15. The number of carbonyl (C=O) groups excluding carboxylic acids is 2. The molecule has 0 radical (unpaired) electrons. The highest BCUT2D eigenvalue weighted by Gasteiger charge is 2.26. The molecule has 2 N–H and O–H groups in total. The molecule has 1 aliphatic carbocycles. The van der Waals surface area contributed by atoms with Crippen molar-refractivity contribution >= 4 is 34.2 Å². The molecule has 1 aliphatic rings. The monoisotopic (exact) mass is 377 g/mol. The first-order valence-corrected chi connectivity index (χ1v) is 9.10. The van der Waals surface area contributed by atoms with E-state index in [1.807, 2.05) is 0 Å². The van der Waals surface area contributed by atoms with Crippen LogP contribution in [0.3, 0.4) is 0 Å². The number of aromatic nitrogens is 2. The van der Waals surface area contributed by atoms with Gasteiger partial charge in [-0.3, -0.25) is 9.48 Å². The molecule has 0 saturated heterocycles. The Morgan fingerprint density at radius 1 is 1.35 bits per heavy atom. The standard InChI is InChI=1S/C17H19N3O5S/c1-25-17(24)14-10-4-2-3-5-12(10)26-15(14)19-13(21)7-9-20-11(16(22)23)6-8-18-20/h6,8H,2-5,7,9H2,1H3,(H,19,21)(H,22,23). The van der Waals surface area contributed by atoms with Crippen LogP contribution in [0.4, 0.5) is 5.00 Å². The van der Waals surface area contributed by atoms with Crippen LogP contribution >= 0.6 is 11.3 Å². The number of ether oxygens (including phenoxy) is 1. The maximum Gasteiger partial charge on any atom is 0.354 e. The molecule has 0 aromatic carbocycles. The van der Waals surface area contributed by atoms with E-state index in [0.717, 1.165) is 36.1 Å². The van der Waals surface area contributed by atoms with Gasteiger partial charge in [-0.1, -0.05) is 0 Å². The number of rotatable bonds is 6. The van der Waals surface area contributed by atoms with Crippen LogP contribution in [0.1, 0.15) is 50.5 Å². The van der Waals surface area contributed by atoms with Crippen LogP contribution in [-0.4, -0.2) is 39.8 Å². The number of carbonyl (C=O) groups is 3. The van der Waals surface area contributed by atoms with Crippen molar-refractivity contribution in [2.24, 2.45) is 0 Å². The topological polar surface area (TPSA) is 111 Å². The third-order valence-corrected chi connectivity index (χ3v) is 5.51. The number of carboxylic acids is 1. The summed E-state index contributed by atoms with van der Waals surface area (Å²) in [6, 6.07) is 1.38. The van der Waals surface area contributed by atoms with Gasteiger partial charge in [0, 0.05) is 17.5 Å². The molecule has 2 aromatic heterocycles. The van der Waals surface area contributed by atoms with E-state index in [9.17, 15) is 14.4 Å². The number of hydrogen-bond donors (Lipinski definition) is 2. The molecular formula is C17H19N3O5S. The van der Waals surface area contributed by atoms with Crippen LogP contribution in [0.5, 0.6) is 0 Å². The van der Waals surface area contributed by atoms with Gasteiger partial charge in [0.15, 0.2) is 0 Å². The van der Waals surface area contributed by atoms with Gasteiger partial charge in [0.1, 0.15) is 10.7 Å². The maximum absolute atomic E-state index is 12.3. The molecule has 1 amide bonds. The van der Waals surface area contributed by atoms with Gasteiger partial charge >= 0.3 is 11.9 Å². The second-order valence-electron chi connectivity index (χ2n) is 5.95. The van der Waals surface area contributed by atoms with Gasteiger partial charge in [-0.15, -0.1) is 11.3 Å². The number of methoxy groups -OCH3 is 1. The first-order valence-electron chi connectivity index (χ1n) is 8.29. The second kappa shape index (κ2) is 7.69. The fourth-order valence-corrected chi connectivity index (χ4v) is 4.35. The average Bonchev–Trinajstić information content (AvgIpc) is 3.23. The molecule has 0 bridgehead atoms. The Labute approximate surface area is 153 Å². The number of hydrogen-bond acceptors (Lipinski definition) is 6. The third kappa shape index (κ3) is 3.62. The lowest BCUT2D eigenvalue weighted by atomic mass is 9.95. The smallest absolute Gasteiger partial charge is 0.354 e. The first kappa shape index (κ1) is 18.1. The summed E-state index contributed by atoms with van der Waals surface area (Å²) in [6.45, 7) is 0.138. The molecule has 0 spiro atoms. The van der Waals surface area contributed by atoms with Crippen LogP contribution in [0.25, 0.3) is 0 Å². The molecule has 9 heteroatoms. The van der Waals surface area contributed by atoms with Gasteiger partial charge in [-0.25, -0.2) is 9.59 Å². The molecule has 0 saturated carbocycles. The predicted molar refractivity (Wildman–Crippen MR) is 94.7 cm³/mol. The molecule has 26 heavy (non-hydrogen) atoms. The fraction of sp³-hybridized carbons (Fsp3) is 0.412. The summed E-state index contributed by atoms with van der Waals surface area (Å²) in [5.74, 6) is -1.85. The summed E-state index contributed by atoms with van der Waals surface area (Å²) >= 11 is 1.42. The fourth-order valence-electron chi connectivity index (χ4n) is 3.06. The second-order valence-corrected chi connectivity index (χ2v) is 7.05. The highest BCUT2D eigenvalue weighted by molar-refractivity contribution is 7.17. The van der Waals surface area contributed by atoms with E-state index in [1.165, 1.54) is 35.4 Å². The normalized spacial score (nSPS) is 13.1. The summed E-state index contributed by atoms with van der Waals surface area (Å²) in [5.41, 5.74) is 1.45. The molecule has 138 valence electrons. The zero-order valence-corrected chi connectivity index (χ0v) is 15.1. The maximum atomic E-state index is 12.3. The number of amides is 1. The highest BCUT2D eigenvalue weighted by atomic mass is 32.1. The Balaban J connectivity index is 1.73. The number of carboxylic acid groups (broad SMARTS) is 1. The van der Waals surface area contributed by atoms with Crippen molar-refractivity contribution < 1.29 is 24.2 Å². The van der Waals surface area contributed by atoms with Gasteiger partial charge in [0.05, 0.1) is 19.2 Å². The van der Waals surface area contributed by atoms with Crippen LogP contribution in [0, 0.1) is 0 Å². The Hall–Kier alpha value is -2.68. The number of aromatic carboxylic acids is 1. The van der Waals surface area contributed by atoms with Crippen molar-refractivity contribution in [2.45, 2.75) is 38.6 Å². The van der Waals surface area contributed by atoms with Crippen LogP contribution < -0.4 is 5.32 Å². The Morgan fingerprint density at radius 2 is 2.12 bits per heavy atom. The molecule has 0 fully saturated rings. The van der Waals surface area contributed by atoms with Crippen LogP contribution in [0.2, 0.25) is 0 Å². The van der Waals surface area contributed by atoms with E-state index in [-0.39, 0.29) is 24.6 Å². The van der Waals surface area contributed by atoms with E-state index >= 15 is 0 Å². The molecule has 2 aromatic rings. The summed E-state index contributed by atoms with van der Waals surface area (Å²) in [5, 5.41) is 16.3. The molecule has 0 unspecified atom stereocenters. The van der Waals surface area contributed by atoms with Crippen LogP contribution in [0.15, 0.2) is 12.3 Å². The minimum Gasteiger partial charge on any atom is -0.477 e. The van der Waals surface area contributed by atoms with Crippen molar-refractivity contribution in [1.29, 1.82) is 0 Å². The van der Waals surface area contributed by atoms with Crippen molar-refractivity contribution in [1.82, 2.24) is 9.78 Å². The Kier molecular flexibility index (Phi) is 5.36. The Morgan fingerprint density at radius 3 is 2.85 bits per heavy atom. The zero-order chi connectivity index (χ0) is 18.7. The number of esters is 1. The largest absolute Gasteiger partial charge is 0.477 e. The number of nitrogens with one attached hydrogen (secondary N) is 1. The van der Waals surface area contributed by atoms with Gasteiger partial charge < -0.3 is 15.2 Å². The van der Waals surface area contributed by atoms with Crippen molar-refractivity contribution in [3.63, 3.8) is 0 Å². The van der Waals surface area contributed by atoms with Gasteiger partial charge in [-0.2, -0.15) is 5.10 Å². The predicted octanol–water partition coefficient (Wildman–Crippen LogP) is 2.34. The van der Waals surface area contributed by atoms with Crippen molar-refractivity contribution in [3.05, 3.63) is 34.0 Å². The quantitative estimate of drug-likeness (QED) is 0.748. The average molecular weight is 377 g/mol. The highest BCUT2D eigenvalue weighted by Crippen LogP contribution is 2.38. The summed E-state index contributed by atoms with van der Waals surface area (Å²) in [6.07, 6.45) is 5.21. The molecule has 2 heterocycles. The van der Waals surface area contributed by atoms with Crippen molar-refractivity contribution in [2.75, 3.05) is 12.4 Å².